The monoisotopic (exact) mass is 309 g/mol. The first kappa shape index (κ1) is 15.4. The largest absolute Gasteiger partial charge is 0.341 e. The summed E-state index contributed by atoms with van der Waals surface area (Å²) in [6, 6.07) is 4.38. The van der Waals surface area contributed by atoms with Crippen molar-refractivity contribution in [3.8, 4) is 0 Å². The van der Waals surface area contributed by atoms with Crippen LogP contribution in [0, 0.1) is 5.82 Å². The van der Waals surface area contributed by atoms with Gasteiger partial charge in [0.2, 0.25) is 0 Å². The maximum atomic E-state index is 13.5. The van der Waals surface area contributed by atoms with Crippen LogP contribution in [0.5, 0.6) is 0 Å². The summed E-state index contributed by atoms with van der Waals surface area (Å²) in [6.45, 7) is 2.36. The van der Waals surface area contributed by atoms with E-state index in [9.17, 15) is 9.18 Å². The number of carbonyl (C=O) groups is 1. The second-order valence-corrected chi connectivity index (χ2v) is 5.55. The lowest BCUT2D eigenvalue weighted by Gasteiger charge is -2.20. The Labute approximate surface area is 126 Å². The summed E-state index contributed by atoms with van der Waals surface area (Å²) in [5, 5.41) is 13.7. The summed E-state index contributed by atoms with van der Waals surface area (Å²) >= 11 is 1.27. The molecule has 0 radical (unpaired) electrons. The van der Waals surface area contributed by atoms with Crippen molar-refractivity contribution >= 4 is 17.7 Å². The number of benzene rings is 1. The molecule has 2 rings (SSSR count). The van der Waals surface area contributed by atoms with Crippen molar-refractivity contribution < 1.29 is 9.18 Å². The molecule has 1 aromatic heterocycles. The molecule has 1 N–H and O–H groups in total. The molecule has 0 saturated carbocycles. The number of nitrogens with zero attached hydrogens (tertiary/aromatic N) is 4. The number of hydrogen-bond donors (Lipinski definition) is 1. The fourth-order valence-corrected chi connectivity index (χ4v) is 2.47. The SMILES string of the molecule is CSc1cc(C(=O)N(C)C[C@@H](C)c2nn[nH]n2)ccc1F. The van der Waals surface area contributed by atoms with E-state index in [0.717, 1.165) is 0 Å². The molecule has 8 heteroatoms. The molecule has 0 bridgehead atoms. The van der Waals surface area contributed by atoms with Crippen LogP contribution in [-0.2, 0) is 0 Å². The van der Waals surface area contributed by atoms with Crippen LogP contribution in [0.3, 0.4) is 0 Å². The Morgan fingerprint density at radius 2 is 2.29 bits per heavy atom. The van der Waals surface area contributed by atoms with Crippen LogP contribution in [0.15, 0.2) is 23.1 Å². The number of H-pyrrole nitrogens is 1. The minimum absolute atomic E-state index is 0.0434. The molecule has 0 saturated heterocycles. The highest BCUT2D eigenvalue weighted by Gasteiger charge is 2.18. The van der Waals surface area contributed by atoms with Crippen molar-refractivity contribution in [3.63, 3.8) is 0 Å². The summed E-state index contributed by atoms with van der Waals surface area (Å²) in [5.74, 6) is 0.0271. The molecule has 1 amide bonds. The van der Waals surface area contributed by atoms with E-state index in [1.807, 2.05) is 6.92 Å². The molecule has 1 atom stereocenters. The van der Waals surface area contributed by atoms with Crippen molar-refractivity contribution in [3.05, 3.63) is 35.4 Å². The van der Waals surface area contributed by atoms with E-state index in [2.05, 4.69) is 20.6 Å². The molecular formula is C13H16FN5OS. The number of aromatic nitrogens is 4. The number of nitrogens with one attached hydrogen (secondary N) is 1. The predicted octanol–water partition coefficient (Wildman–Crippen LogP) is 1.94. The number of amides is 1. The van der Waals surface area contributed by atoms with Crippen LogP contribution < -0.4 is 0 Å². The fraction of sp³-hybridized carbons (Fsp3) is 0.385. The topological polar surface area (TPSA) is 74.8 Å². The minimum atomic E-state index is -0.318. The van der Waals surface area contributed by atoms with Gasteiger partial charge in [-0.3, -0.25) is 4.79 Å². The van der Waals surface area contributed by atoms with E-state index >= 15 is 0 Å². The van der Waals surface area contributed by atoms with E-state index in [1.165, 1.54) is 23.9 Å². The molecule has 6 nitrogen and oxygen atoms in total. The molecule has 2 aromatic rings. The van der Waals surface area contributed by atoms with Gasteiger partial charge in [-0.1, -0.05) is 12.1 Å². The molecule has 0 aliphatic rings. The molecule has 21 heavy (non-hydrogen) atoms. The zero-order chi connectivity index (χ0) is 15.4. The lowest BCUT2D eigenvalue weighted by molar-refractivity contribution is 0.0787. The van der Waals surface area contributed by atoms with E-state index in [0.29, 0.717) is 22.8 Å². The van der Waals surface area contributed by atoms with Crippen LogP contribution >= 0.6 is 11.8 Å². The van der Waals surface area contributed by atoms with E-state index in [-0.39, 0.29) is 17.6 Å². The van der Waals surface area contributed by atoms with Crippen LogP contribution in [0.2, 0.25) is 0 Å². The summed E-state index contributed by atoms with van der Waals surface area (Å²) in [5.41, 5.74) is 0.462. The summed E-state index contributed by atoms with van der Waals surface area (Å²) < 4.78 is 13.5. The summed E-state index contributed by atoms with van der Waals surface area (Å²) in [4.78, 5) is 14.4. The number of rotatable bonds is 5. The average molecular weight is 309 g/mol. The number of halogens is 1. The molecule has 0 aliphatic carbocycles. The zero-order valence-corrected chi connectivity index (χ0v) is 12.8. The maximum absolute atomic E-state index is 13.5. The summed E-state index contributed by atoms with van der Waals surface area (Å²) in [7, 11) is 1.70. The first-order valence-electron chi connectivity index (χ1n) is 6.35. The number of likely N-dealkylation sites (N-methyl/N-ethyl adjacent to an activating group) is 1. The van der Waals surface area contributed by atoms with Crippen molar-refractivity contribution in [2.75, 3.05) is 19.8 Å². The summed E-state index contributed by atoms with van der Waals surface area (Å²) in [6.07, 6.45) is 1.77. The Bertz CT molecular complexity index is 619. The Kier molecular flexibility index (Phi) is 4.89. The van der Waals surface area contributed by atoms with Crippen molar-refractivity contribution in [2.45, 2.75) is 17.7 Å². The van der Waals surface area contributed by atoms with Crippen LogP contribution in [0.25, 0.3) is 0 Å². The maximum Gasteiger partial charge on any atom is 0.253 e. The van der Waals surface area contributed by atoms with Gasteiger partial charge in [0.15, 0.2) is 5.82 Å². The first-order chi connectivity index (χ1) is 10.0. The lowest BCUT2D eigenvalue weighted by atomic mass is 10.1. The minimum Gasteiger partial charge on any atom is -0.341 e. The van der Waals surface area contributed by atoms with Gasteiger partial charge >= 0.3 is 0 Å². The fourth-order valence-electron chi connectivity index (χ4n) is 1.97. The van der Waals surface area contributed by atoms with Gasteiger partial charge in [-0.05, 0) is 24.5 Å². The van der Waals surface area contributed by atoms with Gasteiger partial charge in [-0.25, -0.2) is 4.39 Å². The highest BCUT2D eigenvalue weighted by atomic mass is 32.2. The predicted molar refractivity (Wildman–Crippen MR) is 77.7 cm³/mol. The van der Waals surface area contributed by atoms with Gasteiger partial charge in [-0.2, -0.15) is 5.21 Å². The molecule has 112 valence electrons. The van der Waals surface area contributed by atoms with Gasteiger partial charge in [0.25, 0.3) is 5.91 Å². The van der Waals surface area contributed by atoms with Crippen LogP contribution in [-0.4, -0.2) is 51.3 Å². The number of tetrazole rings is 1. The van der Waals surface area contributed by atoms with Gasteiger partial charge in [0.1, 0.15) is 5.82 Å². The average Bonchev–Trinajstić information content (AvgIpc) is 3.01. The molecule has 0 aliphatic heterocycles. The molecule has 0 fully saturated rings. The van der Waals surface area contributed by atoms with Crippen molar-refractivity contribution in [2.24, 2.45) is 0 Å². The Balaban J connectivity index is 2.08. The number of hydrogen-bond acceptors (Lipinski definition) is 5. The number of carbonyl (C=O) groups excluding carboxylic acids is 1. The third-order valence-electron chi connectivity index (χ3n) is 3.09. The quantitative estimate of drug-likeness (QED) is 0.854. The van der Waals surface area contributed by atoms with E-state index < -0.39 is 0 Å². The second kappa shape index (κ2) is 6.66. The highest BCUT2D eigenvalue weighted by molar-refractivity contribution is 7.98. The molecule has 1 aromatic carbocycles. The smallest absolute Gasteiger partial charge is 0.253 e. The third kappa shape index (κ3) is 3.57. The second-order valence-electron chi connectivity index (χ2n) is 4.71. The molecular weight excluding hydrogens is 293 g/mol. The number of thioether (sulfide) groups is 1. The highest BCUT2D eigenvalue weighted by Crippen LogP contribution is 2.21. The third-order valence-corrected chi connectivity index (χ3v) is 3.85. The lowest BCUT2D eigenvalue weighted by Crippen LogP contribution is -2.30. The van der Waals surface area contributed by atoms with Crippen molar-refractivity contribution in [1.82, 2.24) is 25.5 Å². The van der Waals surface area contributed by atoms with E-state index in [1.54, 1.807) is 24.3 Å². The van der Waals surface area contributed by atoms with Gasteiger partial charge in [0.05, 0.1) is 0 Å². The van der Waals surface area contributed by atoms with Gasteiger partial charge < -0.3 is 4.90 Å². The van der Waals surface area contributed by atoms with Gasteiger partial charge in [-0.15, -0.1) is 22.0 Å². The van der Waals surface area contributed by atoms with Crippen molar-refractivity contribution in [1.29, 1.82) is 0 Å². The Hall–Kier alpha value is -1.96. The standard InChI is InChI=1S/C13H16FN5OS/c1-8(12-15-17-18-16-12)7-19(2)13(20)9-4-5-10(14)11(6-9)21-3/h4-6,8H,7H2,1-3H3,(H,15,16,17,18)/t8-/m1/s1. The number of aromatic amines is 1. The Morgan fingerprint density at radius 1 is 1.52 bits per heavy atom. The van der Waals surface area contributed by atoms with Crippen LogP contribution in [0.4, 0.5) is 4.39 Å². The van der Waals surface area contributed by atoms with E-state index in [4.69, 9.17) is 0 Å². The normalized spacial score (nSPS) is 12.2. The van der Waals surface area contributed by atoms with Gasteiger partial charge in [0, 0.05) is 30.0 Å². The molecule has 0 unspecified atom stereocenters. The van der Waals surface area contributed by atoms with Crippen LogP contribution in [0.1, 0.15) is 29.0 Å². The molecule has 1 heterocycles. The first-order valence-corrected chi connectivity index (χ1v) is 7.57. The molecule has 0 spiro atoms. The zero-order valence-electron chi connectivity index (χ0n) is 12.0. The Morgan fingerprint density at radius 3 is 2.90 bits per heavy atom.